The van der Waals surface area contributed by atoms with E-state index in [0.29, 0.717) is 17.4 Å². The van der Waals surface area contributed by atoms with E-state index >= 15 is 0 Å². The van der Waals surface area contributed by atoms with Crippen molar-refractivity contribution in [1.29, 1.82) is 0 Å². The first-order valence-electron chi connectivity index (χ1n) is 6.37. The van der Waals surface area contributed by atoms with Crippen molar-refractivity contribution in [2.75, 3.05) is 18.1 Å². The average Bonchev–Trinajstić information content (AvgIpc) is 3.04. The monoisotopic (exact) mass is 292 g/mol. The molecule has 1 aliphatic heterocycles. The summed E-state index contributed by atoms with van der Waals surface area (Å²) in [5.41, 5.74) is 2.23. The van der Waals surface area contributed by atoms with Crippen molar-refractivity contribution in [1.82, 2.24) is 4.98 Å². The number of halogens is 1. The predicted octanol–water partition coefficient (Wildman–Crippen LogP) is 3.15. The molecule has 0 N–H and O–H groups in total. The lowest BCUT2D eigenvalue weighted by Crippen LogP contribution is -2.14. The summed E-state index contributed by atoms with van der Waals surface area (Å²) in [7, 11) is 0. The predicted molar refractivity (Wildman–Crippen MR) is 75.2 cm³/mol. The second-order valence-electron chi connectivity index (χ2n) is 4.41. The molecule has 1 aromatic carbocycles. The van der Waals surface area contributed by atoms with E-state index in [1.807, 2.05) is 4.90 Å². The highest BCUT2D eigenvalue weighted by Gasteiger charge is 2.24. The average molecular weight is 292 g/mol. The third kappa shape index (κ3) is 2.27. The van der Waals surface area contributed by atoms with Crippen molar-refractivity contribution in [2.24, 2.45) is 0 Å². The van der Waals surface area contributed by atoms with E-state index in [9.17, 15) is 9.18 Å². The van der Waals surface area contributed by atoms with Gasteiger partial charge in [0.2, 0.25) is 0 Å². The summed E-state index contributed by atoms with van der Waals surface area (Å²) < 4.78 is 18.3. The summed E-state index contributed by atoms with van der Waals surface area (Å²) >= 11 is 1.36. The Hall–Kier alpha value is -1.95. The maximum atomic E-state index is 13.4. The zero-order chi connectivity index (χ0) is 14.1. The first-order chi connectivity index (χ1) is 9.69. The number of anilines is 2. The third-order valence-electron chi connectivity index (χ3n) is 3.15. The molecule has 2 aromatic rings. The quantitative estimate of drug-likeness (QED) is 0.815. The number of benzene rings is 1. The number of aromatic nitrogens is 1. The van der Waals surface area contributed by atoms with Crippen LogP contribution in [0.3, 0.4) is 0 Å². The molecule has 0 saturated carbocycles. The molecule has 1 aliphatic rings. The number of nitrogens with zero attached hydrogens (tertiary/aromatic N) is 2. The van der Waals surface area contributed by atoms with Gasteiger partial charge in [0.15, 0.2) is 10.8 Å². The van der Waals surface area contributed by atoms with Crippen molar-refractivity contribution in [3.8, 4) is 0 Å². The van der Waals surface area contributed by atoms with Gasteiger partial charge in [0.25, 0.3) is 0 Å². The highest BCUT2D eigenvalue weighted by atomic mass is 32.1. The minimum atomic E-state index is -0.423. The zero-order valence-corrected chi connectivity index (χ0v) is 11.7. The lowest BCUT2D eigenvalue weighted by Gasteiger charge is -2.15. The maximum absolute atomic E-state index is 13.4. The number of fused-ring (bicyclic) bond motifs is 1. The molecule has 4 nitrogen and oxygen atoms in total. The van der Waals surface area contributed by atoms with Crippen molar-refractivity contribution in [3.05, 3.63) is 40.7 Å². The van der Waals surface area contributed by atoms with E-state index in [1.54, 1.807) is 18.4 Å². The second kappa shape index (κ2) is 5.20. The van der Waals surface area contributed by atoms with E-state index in [1.165, 1.54) is 23.5 Å². The van der Waals surface area contributed by atoms with Gasteiger partial charge in [-0.05, 0) is 31.0 Å². The molecule has 0 bridgehead atoms. The smallest absolute Gasteiger partial charge is 0.357 e. The van der Waals surface area contributed by atoms with Gasteiger partial charge in [-0.2, -0.15) is 0 Å². The van der Waals surface area contributed by atoms with Gasteiger partial charge in [-0.15, -0.1) is 11.3 Å². The molecular formula is C14H13FN2O2S. The fourth-order valence-electron chi connectivity index (χ4n) is 2.24. The number of rotatable bonds is 3. The van der Waals surface area contributed by atoms with Gasteiger partial charge in [0, 0.05) is 17.6 Å². The number of esters is 1. The molecule has 20 heavy (non-hydrogen) atoms. The van der Waals surface area contributed by atoms with Crippen LogP contribution in [0.1, 0.15) is 23.0 Å². The number of carbonyl (C=O) groups is 1. The fraction of sp³-hybridized carbons (Fsp3) is 0.286. The molecule has 0 spiro atoms. The summed E-state index contributed by atoms with van der Waals surface area (Å²) in [6, 6.07) is 4.77. The van der Waals surface area contributed by atoms with Crippen LogP contribution >= 0.6 is 11.3 Å². The van der Waals surface area contributed by atoms with Gasteiger partial charge in [0.05, 0.1) is 6.61 Å². The minimum absolute atomic E-state index is 0.266. The number of hydrogen-bond acceptors (Lipinski definition) is 5. The maximum Gasteiger partial charge on any atom is 0.357 e. The van der Waals surface area contributed by atoms with Crippen LogP contribution in [0.4, 0.5) is 15.2 Å². The van der Waals surface area contributed by atoms with Gasteiger partial charge in [-0.1, -0.05) is 6.07 Å². The Morgan fingerprint density at radius 2 is 2.40 bits per heavy atom. The van der Waals surface area contributed by atoms with Crippen LogP contribution in [-0.2, 0) is 11.2 Å². The number of carbonyl (C=O) groups excluding carboxylic acids is 1. The van der Waals surface area contributed by atoms with Crippen LogP contribution in [0.15, 0.2) is 23.6 Å². The highest BCUT2D eigenvalue weighted by molar-refractivity contribution is 7.14. The van der Waals surface area contributed by atoms with Crippen LogP contribution in [0, 0.1) is 5.82 Å². The molecule has 0 aliphatic carbocycles. The second-order valence-corrected chi connectivity index (χ2v) is 5.25. The first-order valence-corrected chi connectivity index (χ1v) is 7.25. The van der Waals surface area contributed by atoms with Crippen molar-refractivity contribution < 1.29 is 13.9 Å². The van der Waals surface area contributed by atoms with E-state index < -0.39 is 5.97 Å². The van der Waals surface area contributed by atoms with Gasteiger partial charge in [-0.25, -0.2) is 14.2 Å². The molecule has 3 rings (SSSR count). The highest BCUT2D eigenvalue weighted by Crippen LogP contribution is 2.36. The number of thiazole rings is 1. The van der Waals surface area contributed by atoms with Crippen LogP contribution < -0.4 is 4.90 Å². The Balaban J connectivity index is 1.89. The Bertz CT molecular complexity index is 656. The molecule has 6 heteroatoms. The molecule has 0 unspecified atom stereocenters. The molecular weight excluding hydrogens is 279 g/mol. The van der Waals surface area contributed by atoms with Crippen LogP contribution in [0.25, 0.3) is 0 Å². The molecule has 1 aromatic heterocycles. The Morgan fingerprint density at radius 1 is 1.55 bits per heavy atom. The Labute approximate surface area is 119 Å². The minimum Gasteiger partial charge on any atom is -0.461 e. The van der Waals surface area contributed by atoms with Gasteiger partial charge in [0.1, 0.15) is 5.82 Å². The molecule has 0 fully saturated rings. The molecule has 2 heterocycles. The van der Waals surface area contributed by atoms with E-state index in [2.05, 4.69) is 4.98 Å². The summed E-state index contributed by atoms with van der Waals surface area (Å²) in [4.78, 5) is 17.8. The van der Waals surface area contributed by atoms with E-state index in [0.717, 1.165) is 24.2 Å². The van der Waals surface area contributed by atoms with E-state index in [-0.39, 0.29) is 5.82 Å². The molecule has 0 atom stereocenters. The van der Waals surface area contributed by atoms with Gasteiger partial charge < -0.3 is 9.64 Å². The number of hydrogen-bond donors (Lipinski definition) is 0. The van der Waals surface area contributed by atoms with Crippen molar-refractivity contribution >= 4 is 28.1 Å². The van der Waals surface area contributed by atoms with Gasteiger partial charge >= 0.3 is 5.97 Å². The third-order valence-corrected chi connectivity index (χ3v) is 4.01. The Morgan fingerprint density at radius 3 is 3.20 bits per heavy atom. The van der Waals surface area contributed by atoms with E-state index in [4.69, 9.17) is 4.74 Å². The van der Waals surface area contributed by atoms with Crippen LogP contribution in [0.5, 0.6) is 0 Å². The standard InChI is InChI=1S/C14H13FN2O2S/c1-2-19-13(18)11-8-20-14(16-11)17-6-5-9-3-4-10(15)7-12(9)17/h3-4,7-8H,2,5-6H2,1H3. The van der Waals surface area contributed by atoms with Crippen LogP contribution in [0.2, 0.25) is 0 Å². The lowest BCUT2D eigenvalue weighted by atomic mass is 10.2. The van der Waals surface area contributed by atoms with Crippen molar-refractivity contribution in [3.63, 3.8) is 0 Å². The summed E-state index contributed by atoms with van der Waals surface area (Å²) in [5, 5.41) is 2.36. The van der Waals surface area contributed by atoms with Crippen LogP contribution in [-0.4, -0.2) is 24.1 Å². The van der Waals surface area contributed by atoms with Crippen molar-refractivity contribution in [2.45, 2.75) is 13.3 Å². The largest absolute Gasteiger partial charge is 0.461 e. The summed E-state index contributed by atoms with van der Waals surface area (Å²) in [6.07, 6.45) is 0.851. The topological polar surface area (TPSA) is 42.4 Å². The number of ether oxygens (including phenoxy) is 1. The molecule has 104 valence electrons. The lowest BCUT2D eigenvalue weighted by molar-refractivity contribution is 0.0520. The molecule has 0 amide bonds. The fourth-order valence-corrected chi connectivity index (χ4v) is 3.07. The SMILES string of the molecule is CCOC(=O)c1csc(N2CCc3ccc(F)cc32)n1. The van der Waals surface area contributed by atoms with Gasteiger partial charge in [-0.3, -0.25) is 0 Å². The first kappa shape index (κ1) is 13.1. The molecule has 0 saturated heterocycles. The zero-order valence-electron chi connectivity index (χ0n) is 10.9. The molecule has 0 radical (unpaired) electrons. The Kier molecular flexibility index (Phi) is 3.40. The normalized spacial score (nSPS) is 13.4. The summed E-state index contributed by atoms with van der Waals surface area (Å²) in [5.74, 6) is -0.688. The summed E-state index contributed by atoms with van der Waals surface area (Å²) in [6.45, 7) is 2.82.